The minimum atomic E-state index is 0.0509. The molecule has 1 atom stereocenters. The maximum atomic E-state index is 11.2. The van der Waals surface area contributed by atoms with Crippen molar-refractivity contribution in [1.29, 1.82) is 0 Å². The largest absolute Gasteiger partial charge is 0.293 e. The summed E-state index contributed by atoms with van der Waals surface area (Å²) in [6, 6.07) is 3.99. The van der Waals surface area contributed by atoms with E-state index >= 15 is 0 Å². The number of carbonyl (C=O) groups excluding carboxylic acids is 1. The minimum Gasteiger partial charge on any atom is -0.293 e. The first-order valence-corrected chi connectivity index (χ1v) is 5.09. The highest BCUT2D eigenvalue weighted by Crippen LogP contribution is 2.37. The van der Waals surface area contributed by atoms with Crippen LogP contribution >= 0.6 is 23.1 Å². The van der Waals surface area contributed by atoms with E-state index in [1.807, 2.05) is 22.9 Å². The summed E-state index contributed by atoms with van der Waals surface area (Å²) in [4.78, 5) is 12.3. The van der Waals surface area contributed by atoms with Gasteiger partial charge in [0.15, 0.2) is 5.78 Å². The lowest BCUT2D eigenvalue weighted by atomic mass is 10.2. The SMILES string of the molecule is O=C1C=CSC1c1cccs1. The van der Waals surface area contributed by atoms with Crippen molar-refractivity contribution < 1.29 is 4.79 Å². The average molecular weight is 182 g/mol. The van der Waals surface area contributed by atoms with Crippen molar-refractivity contribution in [3.05, 3.63) is 33.9 Å². The van der Waals surface area contributed by atoms with Gasteiger partial charge in [0, 0.05) is 4.88 Å². The fraction of sp³-hybridized carbons (Fsp3) is 0.125. The topological polar surface area (TPSA) is 17.1 Å². The average Bonchev–Trinajstić information content (AvgIpc) is 2.55. The van der Waals surface area contributed by atoms with E-state index in [0.29, 0.717) is 0 Å². The number of hydrogen-bond donors (Lipinski definition) is 0. The number of thiophene rings is 1. The quantitative estimate of drug-likeness (QED) is 0.664. The third kappa shape index (κ3) is 1.26. The van der Waals surface area contributed by atoms with E-state index in [2.05, 4.69) is 0 Å². The molecule has 0 saturated carbocycles. The Balaban J connectivity index is 2.26. The summed E-state index contributed by atoms with van der Waals surface area (Å²) in [7, 11) is 0. The molecule has 1 nitrogen and oxygen atoms in total. The summed E-state index contributed by atoms with van der Waals surface area (Å²) in [5, 5.41) is 3.92. The van der Waals surface area contributed by atoms with Crippen LogP contribution in [-0.2, 0) is 4.79 Å². The van der Waals surface area contributed by atoms with Gasteiger partial charge in [0.05, 0.1) is 0 Å². The molecule has 0 spiro atoms. The summed E-state index contributed by atoms with van der Waals surface area (Å²) in [5.41, 5.74) is 0. The van der Waals surface area contributed by atoms with Gasteiger partial charge in [-0.15, -0.1) is 23.1 Å². The zero-order valence-electron chi connectivity index (χ0n) is 5.69. The molecule has 2 heterocycles. The van der Waals surface area contributed by atoms with Crippen LogP contribution < -0.4 is 0 Å². The molecule has 1 aliphatic rings. The van der Waals surface area contributed by atoms with E-state index in [9.17, 15) is 4.79 Å². The predicted octanol–water partition coefficient (Wildman–Crippen LogP) is 2.62. The van der Waals surface area contributed by atoms with Crippen LogP contribution in [0.1, 0.15) is 10.1 Å². The molecule has 11 heavy (non-hydrogen) atoms. The van der Waals surface area contributed by atoms with Crippen molar-refractivity contribution >= 4 is 28.9 Å². The van der Waals surface area contributed by atoms with Crippen LogP contribution in [0.5, 0.6) is 0 Å². The molecule has 1 aromatic rings. The number of hydrogen-bond acceptors (Lipinski definition) is 3. The van der Waals surface area contributed by atoms with E-state index < -0.39 is 0 Å². The number of thioether (sulfide) groups is 1. The first-order valence-electron chi connectivity index (χ1n) is 3.27. The Hall–Kier alpha value is -0.540. The Bertz CT molecular complexity index is 287. The van der Waals surface area contributed by atoms with Gasteiger partial charge in [-0.3, -0.25) is 4.79 Å². The van der Waals surface area contributed by atoms with Gasteiger partial charge >= 0.3 is 0 Å². The third-order valence-electron chi connectivity index (χ3n) is 1.51. The van der Waals surface area contributed by atoms with E-state index in [1.165, 1.54) is 0 Å². The lowest BCUT2D eigenvalue weighted by Gasteiger charge is -2.01. The molecule has 0 aromatic carbocycles. The molecule has 0 fully saturated rings. The molecule has 1 aromatic heterocycles. The summed E-state index contributed by atoms with van der Waals surface area (Å²) >= 11 is 3.23. The van der Waals surface area contributed by atoms with Gasteiger partial charge in [-0.2, -0.15) is 0 Å². The van der Waals surface area contributed by atoms with Crippen molar-refractivity contribution in [3.8, 4) is 0 Å². The minimum absolute atomic E-state index is 0.0509. The Kier molecular flexibility index (Phi) is 1.84. The lowest BCUT2D eigenvalue weighted by Crippen LogP contribution is -1.98. The molecule has 0 amide bonds. The maximum Gasteiger partial charge on any atom is 0.174 e. The molecule has 0 aliphatic carbocycles. The molecular formula is C8H6OS2. The molecule has 1 unspecified atom stereocenters. The first-order chi connectivity index (χ1) is 5.38. The summed E-state index contributed by atoms with van der Waals surface area (Å²) in [5.74, 6) is 0.220. The van der Waals surface area contributed by atoms with Gasteiger partial charge in [-0.05, 0) is 22.9 Å². The van der Waals surface area contributed by atoms with E-state index in [1.54, 1.807) is 29.2 Å². The molecule has 0 N–H and O–H groups in total. The molecule has 0 bridgehead atoms. The second-order valence-corrected chi connectivity index (χ2v) is 4.23. The Labute approximate surface area is 73.1 Å². The zero-order chi connectivity index (χ0) is 7.68. The van der Waals surface area contributed by atoms with Crippen molar-refractivity contribution in [3.63, 3.8) is 0 Å². The van der Waals surface area contributed by atoms with Crippen LogP contribution in [0.3, 0.4) is 0 Å². The van der Waals surface area contributed by atoms with Crippen molar-refractivity contribution in [2.75, 3.05) is 0 Å². The van der Waals surface area contributed by atoms with E-state index in [4.69, 9.17) is 0 Å². The molecule has 3 heteroatoms. The second kappa shape index (κ2) is 2.83. The number of carbonyl (C=O) groups is 1. The van der Waals surface area contributed by atoms with Crippen molar-refractivity contribution in [2.24, 2.45) is 0 Å². The van der Waals surface area contributed by atoms with Gasteiger partial charge in [-0.25, -0.2) is 0 Å². The fourth-order valence-electron chi connectivity index (χ4n) is 0.987. The standard InChI is InChI=1S/C8H6OS2/c9-6-3-5-11-8(6)7-2-1-4-10-7/h1-5,8H. The predicted molar refractivity (Wildman–Crippen MR) is 48.8 cm³/mol. The van der Waals surface area contributed by atoms with Crippen molar-refractivity contribution in [1.82, 2.24) is 0 Å². The van der Waals surface area contributed by atoms with Crippen LogP contribution in [-0.4, -0.2) is 5.78 Å². The number of allylic oxidation sites excluding steroid dienone is 1. The molecule has 2 rings (SSSR count). The van der Waals surface area contributed by atoms with Gasteiger partial charge < -0.3 is 0 Å². The van der Waals surface area contributed by atoms with Gasteiger partial charge in [-0.1, -0.05) is 6.07 Å². The van der Waals surface area contributed by atoms with Gasteiger partial charge in [0.1, 0.15) is 5.25 Å². The lowest BCUT2D eigenvalue weighted by molar-refractivity contribution is -0.114. The van der Waals surface area contributed by atoms with Crippen LogP contribution in [0.2, 0.25) is 0 Å². The number of ketones is 1. The third-order valence-corrected chi connectivity index (χ3v) is 3.64. The normalized spacial score (nSPS) is 22.9. The smallest absolute Gasteiger partial charge is 0.174 e. The highest BCUT2D eigenvalue weighted by Gasteiger charge is 2.22. The Morgan fingerprint density at radius 3 is 2.91 bits per heavy atom. The summed E-state index contributed by atoms with van der Waals surface area (Å²) < 4.78 is 0. The zero-order valence-corrected chi connectivity index (χ0v) is 7.32. The van der Waals surface area contributed by atoms with Crippen LogP contribution in [0, 0.1) is 0 Å². The number of rotatable bonds is 1. The highest BCUT2D eigenvalue weighted by molar-refractivity contribution is 8.03. The van der Waals surface area contributed by atoms with Crippen LogP contribution in [0.25, 0.3) is 0 Å². The monoisotopic (exact) mass is 182 g/mol. The van der Waals surface area contributed by atoms with Crippen molar-refractivity contribution in [2.45, 2.75) is 5.25 Å². The molecule has 0 saturated heterocycles. The van der Waals surface area contributed by atoms with Gasteiger partial charge in [0.25, 0.3) is 0 Å². The van der Waals surface area contributed by atoms with Crippen LogP contribution in [0.4, 0.5) is 0 Å². The molecule has 1 aliphatic heterocycles. The molecular weight excluding hydrogens is 176 g/mol. The van der Waals surface area contributed by atoms with Crippen LogP contribution in [0.15, 0.2) is 29.0 Å². The maximum absolute atomic E-state index is 11.2. The molecule has 0 radical (unpaired) electrons. The Morgan fingerprint density at radius 2 is 2.36 bits per heavy atom. The van der Waals surface area contributed by atoms with E-state index in [0.717, 1.165) is 4.88 Å². The van der Waals surface area contributed by atoms with E-state index in [-0.39, 0.29) is 11.0 Å². The summed E-state index contributed by atoms with van der Waals surface area (Å²) in [6.45, 7) is 0. The summed E-state index contributed by atoms with van der Waals surface area (Å²) in [6.07, 6.45) is 1.65. The second-order valence-electron chi connectivity index (χ2n) is 2.24. The highest BCUT2D eigenvalue weighted by atomic mass is 32.2. The fourth-order valence-corrected chi connectivity index (χ4v) is 2.83. The Morgan fingerprint density at radius 1 is 1.45 bits per heavy atom. The molecule has 56 valence electrons. The van der Waals surface area contributed by atoms with Gasteiger partial charge in [0.2, 0.25) is 0 Å². The first kappa shape index (κ1) is 7.13.